The fraction of sp³-hybridized carbons (Fsp3) is 0.875. The highest BCUT2D eigenvalue weighted by Crippen LogP contribution is 2.35. The Morgan fingerprint density at radius 1 is 1.27 bits per heavy atom. The summed E-state index contributed by atoms with van der Waals surface area (Å²) in [4.78, 5) is 10.8. The lowest BCUT2D eigenvalue weighted by atomic mass is 10.0. The Balaban J connectivity index is 2.03. The minimum absolute atomic E-state index is 0.105. The van der Waals surface area contributed by atoms with Crippen LogP contribution < -0.4 is 0 Å². The molecule has 62 valence electrons. The molecule has 2 heterocycles. The quantitative estimate of drug-likeness (QED) is 0.495. The van der Waals surface area contributed by atoms with Crippen LogP contribution in [0.3, 0.4) is 0 Å². The molecule has 2 fully saturated rings. The highest BCUT2D eigenvalue weighted by molar-refractivity contribution is 5.71. The highest BCUT2D eigenvalue weighted by atomic mass is 16.7. The molecule has 0 unspecified atom stereocenters. The zero-order valence-corrected chi connectivity index (χ0v) is 6.47. The van der Waals surface area contributed by atoms with Crippen molar-refractivity contribution < 1.29 is 14.3 Å². The fourth-order valence-electron chi connectivity index (χ4n) is 1.71. The van der Waals surface area contributed by atoms with E-state index < -0.39 is 5.79 Å². The molecule has 0 aromatic rings. The molecule has 2 rings (SSSR count). The van der Waals surface area contributed by atoms with E-state index >= 15 is 0 Å². The molecule has 2 aliphatic heterocycles. The van der Waals surface area contributed by atoms with E-state index in [1.54, 1.807) is 0 Å². The van der Waals surface area contributed by atoms with E-state index in [1.807, 2.05) is 0 Å². The first kappa shape index (κ1) is 7.10. The van der Waals surface area contributed by atoms with E-state index in [4.69, 9.17) is 9.47 Å². The SMILES string of the molecule is O=C1CC[C@]2(CCCCO2)O1. The van der Waals surface area contributed by atoms with Gasteiger partial charge >= 0.3 is 5.97 Å². The molecular formula is C8H12O3. The standard InChI is InChI=1S/C8H12O3/c9-7-3-5-8(11-7)4-1-2-6-10-8/h1-6H2/t8-/m0/s1. The van der Waals surface area contributed by atoms with Gasteiger partial charge in [-0.1, -0.05) is 0 Å². The van der Waals surface area contributed by atoms with Gasteiger partial charge in [-0.05, 0) is 12.8 Å². The Morgan fingerprint density at radius 2 is 2.18 bits per heavy atom. The lowest BCUT2D eigenvalue weighted by Crippen LogP contribution is -2.35. The lowest BCUT2D eigenvalue weighted by molar-refractivity contribution is -0.227. The summed E-state index contributed by atoms with van der Waals surface area (Å²) in [5, 5.41) is 0. The molecule has 11 heavy (non-hydrogen) atoms. The third-order valence-electron chi connectivity index (χ3n) is 2.33. The van der Waals surface area contributed by atoms with Crippen LogP contribution in [0.2, 0.25) is 0 Å². The van der Waals surface area contributed by atoms with Crippen LogP contribution in [0.5, 0.6) is 0 Å². The Bertz CT molecular complexity index is 170. The molecule has 2 saturated heterocycles. The summed E-state index contributed by atoms with van der Waals surface area (Å²) in [6, 6.07) is 0. The van der Waals surface area contributed by atoms with Crippen molar-refractivity contribution in [3.63, 3.8) is 0 Å². The summed E-state index contributed by atoms with van der Waals surface area (Å²) in [7, 11) is 0. The van der Waals surface area contributed by atoms with Crippen LogP contribution in [0.4, 0.5) is 0 Å². The molecule has 0 aromatic carbocycles. The van der Waals surface area contributed by atoms with Gasteiger partial charge in [0.1, 0.15) is 0 Å². The van der Waals surface area contributed by atoms with Crippen LogP contribution in [-0.4, -0.2) is 18.4 Å². The van der Waals surface area contributed by atoms with E-state index in [2.05, 4.69) is 0 Å². The molecule has 0 amide bonds. The highest BCUT2D eigenvalue weighted by Gasteiger charge is 2.42. The van der Waals surface area contributed by atoms with E-state index in [9.17, 15) is 4.79 Å². The van der Waals surface area contributed by atoms with Crippen molar-refractivity contribution >= 4 is 5.97 Å². The van der Waals surface area contributed by atoms with Crippen LogP contribution >= 0.6 is 0 Å². The Morgan fingerprint density at radius 3 is 2.73 bits per heavy atom. The third kappa shape index (κ3) is 1.25. The molecule has 1 spiro atoms. The molecule has 0 aromatic heterocycles. The second kappa shape index (κ2) is 2.48. The van der Waals surface area contributed by atoms with Crippen molar-refractivity contribution in [2.45, 2.75) is 37.9 Å². The average molecular weight is 156 g/mol. The molecule has 0 N–H and O–H groups in total. The predicted octanol–water partition coefficient (Wildman–Crippen LogP) is 1.22. The lowest BCUT2D eigenvalue weighted by Gasteiger charge is -2.31. The van der Waals surface area contributed by atoms with Crippen molar-refractivity contribution in [3.05, 3.63) is 0 Å². The van der Waals surface area contributed by atoms with Gasteiger partial charge in [0.25, 0.3) is 0 Å². The van der Waals surface area contributed by atoms with E-state index in [1.165, 1.54) is 0 Å². The summed E-state index contributed by atoms with van der Waals surface area (Å²) in [5.41, 5.74) is 0. The van der Waals surface area contributed by atoms with Gasteiger partial charge in [-0.15, -0.1) is 0 Å². The van der Waals surface area contributed by atoms with Crippen molar-refractivity contribution in [1.29, 1.82) is 0 Å². The summed E-state index contributed by atoms with van der Waals surface area (Å²) >= 11 is 0. The van der Waals surface area contributed by atoms with Crippen LogP contribution in [0, 0.1) is 0 Å². The average Bonchev–Trinajstić information content (AvgIpc) is 2.34. The zero-order chi connectivity index (χ0) is 7.73. The number of hydrogen-bond acceptors (Lipinski definition) is 3. The number of hydrogen-bond donors (Lipinski definition) is 0. The first-order valence-corrected chi connectivity index (χ1v) is 4.17. The molecule has 3 nitrogen and oxygen atoms in total. The summed E-state index contributed by atoms with van der Waals surface area (Å²) in [6.45, 7) is 0.743. The summed E-state index contributed by atoms with van der Waals surface area (Å²) in [5.74, 6) is -0.609. The Kier molecular flexibility index (Phi) is 1.60. The minimum Gasteiger partial charge on any atom is -0.433 e. The molecular weight excluding hydrogens is 144 g/mol. The second-order valence-corrected chi connectivity index (χ2v) is 3.19. The van der Waals surface area contributed by atoms with Crippen molar-refractivity contribution in [2.24, 2.45) is 0 Å². The maximum atomic E-state index is 10.8. The Hall–Kier alpha value is -0.570. The monoisotopic (exact) mass is 156 g/mol. The van der Waals surface area contributed by atoms with Gasteiger partial charge < -0.3 is 9.47 Å². The van der Waals surface area contributed by atoms with Gasteiger partial charge in [-0.25, -0.2) is 0 Å². The minimum atomic E-state index is -0.505. The summed E-state index contributed by atoms with van der Waals surface area (Å²) < 4.78 is 10.6. The number of ether oxygens (including phenoxy) is 2. The maximum Gasteiger partial charge on any atom is 0.308 e. The Labute approximate surface area is 65.7 Å². The number of carbonyl (C=O) groups is 1. The topological polar surface area (TPSA) is 35.5 Å². The van der Waals surface area contributed by atoms with E-state index in [0.29, 0.717) is 6.42 Å². The number of rotatable bonds is 0. The fourth-order valence-corrected chi connectivity index (χ4v) is 1.71. The smallest absolute Gasteiger partial charge is 0.308 e. The van der Waals surface area contributed by atoms with Gasteiger partial charge in [-0.2, -0.15) is 0 Å². The van der Waals surface area contributed by atoms with Gasteiger partial charge in [0.05, 0.1) is 13.0 Å². The van der Waals surface area contributed by atoms with Crippen LogP contribution in [0.1, 0.15) is 32.1 Å². The second-order valence-electron chi connectivity index (χ2n) is 3.19. The van der Waals surface area contributed by atoms with Crippen molar-refractivity contribution in [2.75, 3.05) is 6.61 Å². The largest absolute Gasteiger partial charge is 0.433 e. The van der Waals surface area contributed by atoms with Crippen LogP contribution in [0.25, 0.3) is 0 Å². The molecule has 2 aliphatic rings. The summed E-state index contributed by atoms with van der Waals surface area (Å²) in [6.07, 6.45) is 4.39. The third-order valence-corrected chi connectivity index (χ3v) is 2.33. The van der Waals surface area contributed by atoms with Gasteiger partial charge in [0.15, 0.2) is 0 Å². The predicted molar refractivity (Wildman–Crippen MR) is 37.9 cm³/mol. The van der Waals surface area contributed by atoms with Gasteiger partial charge in [-0.3, -0.25) is 4.79 Å². The maximum absolute atomic E-state index is 10.8. The number of carbonyl (C=O) groups excluding carboxylic acids is 1. The zero-order valence-electron chi connectivity index (χ0n) is 6.47. The first-order valence-electron chi connectivity index (χ1n) is 4.17. The van der Waals surface area contributed by atoms with Crippen molar-refractivity contribution in [3.8, 4) is 0 Å². The van der Waals surface area contributed by atoms with Crippen molar-refractivity contribution in [1.82, 2.24) is 0 Å². The van der Waals surface area contributed by atoms with Crippen LogP contribution in [-0.2, 0) is 14.3 Å². The molecule has 1 atom stereocenters. The molecule has 0 aliphatic carbocycles. The molecule has 0 saturated carbocycles. The molecule has 0 radical (unpaired) electrons. The van der Waals surface area contributed by atoms with Crippen LogP contribution in [0.15, 0.2) is 0 Å². The normalized spacial score (nSPS) is 37.6. The first-order chi connectivity index (χ1) is 5.31. The van der Waals surface area contributed by atoms with E-state index in [-0.39, 0.29) is 5.97 Å². The van der Waals surface area contributed by atoms with Gasteiger partial charge in [0, 0.05) is 12.8 Å². The van der Waals surface area contributed by atoms with E-state index in [0.717, 1.165) is 32.3 Å². The number of esters is 1. The molecule has 3 heteroatoms. The van der Waals surface area contributed by atoms with Gasteiger partial charge in [0.2, 0.25) is 5.79 Å². The molecule has 0 bridgehead atoms.